The fraction of sp³-hybridized carbons (Fsp3) is 0.333. The zero-order valence-corrected chi connectivity index (χ0v) is 20.5. The molecule has 34 heavy (non-hydrogen) atoms. The van der Waals surface area contributed by atoms with Gasteiger partial charge in [-0.3, -0.25) is 14.5 Å². The molecule has 2 fully saturated rings. The predicted molar refractivity (Wildman–Crippen MR) is 132 cm³/mol. The molecule has 5 rings (SSSR count). The standard InChI is InChI=1S/C24H23BINO7/c1-33-19-9-12(8-17(26)22(19)29)18-10-15-20-16(7-13(11-28)21(15)25(32)34-18)23(30)27(24(20)31)14-5-3-2-4-6-14/h2-6,8-9,15-16,18,20,28-29,32H,7,10-11H2,1H3/t15-,16-,18-,20+/m0/s1. The summed E-state index contributed by atoms with van der Waals surface area (Å²) in [7, 11) is 0.130. The first-order valence-corrected chi connectivity index (χ1v) is 12.1. The van der Waals surface area contributed by atoms with Crippen LogP contribution in [0.5, 0.6) is 11.5 Å². The number of amides is 2. The number of aliphatic hydroxyl groups excluding tert-OH is 1. The molecule has 2 aromatic rings. The van der Waals surface area contributed by atoms with Crippen molar-refractivity contribution in [1.29, 1.82) is 0 Å². The van der Waals surface area contributed by atoms with E-state index in [2.05, 4.69) is 0 Å². The minimum Gasteiger partial charge on any atom is -0.504 e. The van der Waals surface area contributed by atoms with Gasteiger partial charge in [-0.15, -0.1) is 0 Å². The number of fused-ring (bicyclic) bond motifs is 3. The molecule has 1 aliphatic carbocycles. The molecule has 0 aromatic heterocycles. The Morgan fingerprint density at radius 2 is 1.91 bits per heavy atom. The predicted octanol–water partition coefficient (Wildman–Crippen LogP) is 2.60. The molecule has 8 nitrogen and oxygen atoms in total. The number of anilines is 1. The average Bonchev–Trinajstić information content (AvgIpc) is 3.10. The molecule has 2 aromatic carbocycles. The number of halogens is 1. The maximum Gasteiger partial charge on any atom is 0.487 e. The van der Waals surface area contributed by atoms with Gasteiger partial charge in [0.05, 0.1) is 40.9 Å². The Hall–Kier alpha value is -2.41. The second-order valence-corrected chi connectivity index (χ2v) is 9.94. The lowest BCUT2D eigenvalue weighted by atomic mass is 9.55. The van der Waals surface area contributed by atoms with Crippen molar-refractivity contribution in [3.05, 3.63) is 62.6 Å². The Morgan fingerprint density at radius 3 is 2.59 bits per heavy atom. The van der Waals surface area contributed by atoms with Crippen molar-refractivity contribution in [2.45, 2.75) is 18.9 Å². The number of benzene rings is 2. The summed E-state index contributed by atoms with van der Waals surface area (Å²) >= 11 is 1.99. The van der Waals surface area contributed by atoms with E-state index in [0.29, 0.717) is 32.3 Å². The molecule has 0 spiro atoms. The number of aliphatic hydroxyl groups is 1. The van der Waals surface area contributed by atoms with Crippen LogP contribution >= 0.6 is 22.6 Å². The van der Waals surface area contributed by atoms with Gasteiger partial charge in [0.15, 0.2) is 11.5 Å². The first kappa shape index (κ1) is 23.3. The number of para-hydroxylation sites is 1. The highest BCUT2D eigenvalue weighted by Gasteiger charge is 2.58. The highest BCUT2D eigenvalue weighted by Crippen LogP contribution is 2.52. The van der Waals surface area contributed by atoms with Crippen molar-refractivity contribution in [2.75, 3.05) is 18.6 Å². The molecule has 2 saturated heterocycles. The summed E-state index contributed by atoms with van der Waals surface area (Å²) in [4.78, 5) is 28.2. The average molecular weight is 575 g/mol. The van der Waals surface area contributed by atoms with Crippen LogP contribution in [-0.2, 0) is 14.2 Å². The topological polar surface area (TPSA) is 117 Å². The highest BCUT2D eigenvalue weighted by atomic mass is 127. The van der Waals surface area contributed by atoms with Crippen LogP contribution in [0.25, 0.3) is 0 Å². The number of methoxy groups -OCH3 is 1. The molecule has 3 N–H and O–H groups in total. The fourth-order valence-corrected chi connectivity index (χ4v) is 6.16. The van der Waals surface area contributed by atoms with Crippen LogP contribution in [0.2, 0.25) is 0 Å². The molecule has 2 amide bonds. The van der Waals surface area contributed by atoms with Crippen molar-refractivity contribution >= 4 is 47.2 Å². The summed E-state index contributed by atoms with van der Waals surface area (Å²) < 4.78 is 11.8. The van der Waals surface area contributed by atoms with Crippen molar-refractivity contribution in [2.24, 2.45) is 17.8 Å². The van der Waals surface area contributed by atoms with Crippen LogP contribution in [0.1, 0.15) is 24.5 Å². The van der Waals surface area contributed by atoms with Crippen molar-refractivity contribution in [3.63, 3.8) is 0 Å². The minimum atomic E-state index is -1.32. The van der Waals surface area contributed by atoms with Crippen molar-refractivity contribution in [3.8, 4) is 11.5 Å². The molecule has 2 aliphatic heterocycles. The summed E-state index contributed by atoms with van der Waals surface area (Å²) in [6.07, 6.45) is -0.0567. The number of carbonyl (C=O) groups excluding carboxylic acids is 2. The third-order valence-corrected chi connectivity index (χ3v) is 7.88. The minimum absolute atomic E-state index is 0.0131. The second-order valence-electron chi connectivity index (χ2n) is 8.77. The number of ether oxygens (including phenoxy) is 1. The van der Waals surface area contributed by atoms with E-state index < -0.39 is 31.0 Å². The number of rotatable bonds is 4. The van der Waals surface area contributed by atoms with Gasteiger partial charge in [0.1, 0.15) is 0 Å². The number of imide groups is 1. The van der Waals surface area contributed by atoms with Crippen molar-refractivity contribution in [1.82, 2.24) is 0 Å². The van der Waals surface area contributed by atoms with E-state index in [4.69, 9.17) is 9.39 Å². The van der Waals surface area contributed by atoms with Gasteiger partial charge < -0.3 is 24.6 Å². The van der Waals surface area contributed by atoms with Gasteiger partial charge in [0.2, 0.25) is 11.8 Å². The first-order valence-electron chi connectivity index (χ1n) is 11.0. The molecule has 4 atom stereocenters. The van der Waals surface area contributed by atoms with Crippen LogP contribution in [0.15, 0.2) is 53.5 Å². The van der Waals surface area contributed by atoms with Crippen LogP contribution < -0.4 is 9.64 Å². The number of nitrogens with zero attached hydrogens (tertiary/aromatic N) is 1. The smallest absolute Gasteiger partial charge is 0.487 e. The summed E-state index contributed by atoms with van der Waals surface area (Å²) in [5.41, 5.74) is 2.24. The van der Waals surface area contributed by atoms with Gasteiger partial charge in [0, 0.05) is 0 Å². The third-order valence-electron chi connectivity index (χ3n) is 7.06. The molecule has 3 aliphatic rings. The Kier molecular flexibility index (Phi) is 6.17. The van der Waals surface area contributed by atoms with E-state index in [-0.39, 0.29) is 36.3 Å². The number of phenols is 1. The van der Waals surface area contributed by atoms with Crippen LogP contribution in [0.3, 0.4) is 0 Å². The zero-order chi connectivity index (χ0) is 24.1. The first-order chi connectivity index (χ1) is 16.3. The van der Waals surface area contributed by atoms with E-state index in [1.54, 1.807) is 36.4 Å². The number of aromatic hydroxyl groups is 1. The van der Waals surface area contributed by atoms with E-state index in [9.17, 15) is 24.8 Å². The maximum atomic E-state index is 13.6. The van der Waals surface area contributed by atoms with Gasteiger partial charge in [-0.25, -0.2) is 0 Å². The van der Waals surface area contributed by atoms with Gasteiger partial charge in [-0.1, -0.05) is 18.2 Å². The lowest BCUT2D eigenvalue weighted by Crippen LogP contribution is -2.45. The van der Waals surface area contributed by atoms with E-state index in [1.165, 1.54) is 12.0 Å². The zero-order valence-electron chi connectivity index (χ0n) is 18.3. The van der Waals surface area contributed by atoms with Crippen LogP contribution in [-0.4, -0.2) is 47.9 Å². The molecule has 0 saturated carbocycles. The summed E-state index contributed by atoms with van der Waals surface area (Å²) in [5, 5.41) is 31.2. The molecule has 0 unspecified atom stereocenters. The van der Waals surface area contributed by atoms with Gasteiger partial charge in [-0.2, -0.15) is 0 Å². The Morgan fingerprint density at radius 1 is 1.18 bits per heavy atom. The van der Waals surface area contributed by atoms with E-state index in [1.807, 2.05) is 28.7 Å². The molecular formula is C24H23BINO7. The Labute approximate surface area is 210 Å². The molecule has 176 valence electrons. The number of carbonyl (C=O) groups is 2. The highest BCUT2D eigenvalue weighted by molar-refractivity contribution is 14.1. The van der Waals surface area contributed by atoms with Crippen molar-refractivity contribution < 1.29 is 34.2 Å². The van der Waals surface area contributed by atoms with Crippen LogP contribution in [0, 0.1) is 21.3 Å². The molecule has 0 bridgehead atoms. The number of phenolic OH excluding ortho intramolecular Hbond substituents is 1. The SMILES string of the molecule is COc1cc([C@@H]2C[C@@H]3C(=C(CO)C[C@@H]4C(=O)N(c5ccccc5)C(=O)[C@@H]43)B(O)O2)cc(I)c1O. The lowest BCUT2D eigenvalue weighted by molar-refractivity contribution is -0.123. The number of hydrogen-bond acceptors (Lipinski definition) is 7. The molecule has 10 heteroatoms. The third kappa shape index (κ3) is 3.63. The summed E-state index contributed by atoms with van der Waals surface area (Å²) in [5.74, 6) is -2.03. The quantitative estimate of drug-likeness (QED) is 0.292. The van der Waals surface area contributed by atoms with Crippen LogP contribution in [0.4, 0.5) is 5.69 Å². The Bertz CT molecular complexity index is 1190. The number of hydrogen-bond donors (Lipinski definition) is 3. The maximum absolute atomic E-state index is 13.6. The van der Waals surface area contributed by atoms with Gasteiger partial charge in [-0.05, 0) is 82.2 Å². The van der Waals surface area contributed by atoms with Gasteiger partial charge >= 0.3 is 7.12 Å². The summed E-state index contributed by atoms with van der Waals surface area (Å²) in [6, 6.07) is 12.2. The molecule has 0 radical (unpaired) electrons. The normalized spacial score (nSPS) is 26.6. The summed E-state index contributed by atoms with van der Waals surface area (Å²) in [6.45, 7) is -0.322. The largest absolute Gasteiger partial charge is 0.504 e. The van der Waals surface area contributed by atoms with E-state index >= 15 is 0 Å². The molecular weight excluding hydrogens is 552 g/mol. The Balaban J connectivity index is 1.55. The fourth-order valence-electron chi connectivity index (χ4n) is 5.54. The van der Waals surface area contributed by atoms with Gasteiger partial charge in [0.25, 0.3) is 0 Å². The monoisotopic (exact) mass is 575 g/mol. The van der Waals surface area contributed by atoms with E-state index in [0.717, 1.165) is 0 Å². The number of allylic oxidation sites excluding steroid dienone is 1. The molecule has 2 heterocycles. The second kappa shape index (κ2) is 8.99. The lowest BCUT2D eigenvalue weighted by Gasteiger charge is -2.42.